The van der Waals surface area contributed by atoms with Crippen molar-refractivity contribution >= 4 is 103 Å². The molecule has 676 valence electrons. The average molecular weight is 1810 g/mol. The minimum Gasteiger partial charge on any atom is -0.490 e. The largest absolute Gasteiger partial charge is 0.490 e. The van der Waals surface area contributed by atoms with Gasteiger partial charge < -0.3 is 70.9 Å². The molecule has 0 unspecified atom stereocenters. The number of nitrogens with one attached hydrogen (secondary N) is 3. The molecule has 0 bridgehead atoms. The molecule has 4 aliphatic heterocycles. The van der Waals surface area contributed by atoms with Crippen LogP contribution in [0.15, 0.2) is 152 Å². The zero-order valence-electron chi connectivity index (χ0n) is 75.5. The van der Waals surface area contributed by atoms with Crippen LogP contribution in [0.3, 0.4) is 0 Å². The van der Waals surface area contributed by atoms with E-state index in [0.717, 1.165) is 238 Å². The molecule has 0 amide bonds. The molecule has 0 radical (unpaired) electrons. The molecule has 5 aliphatic rings. The predicted octanol–water partition coefficient (Wildman–Crippen LogP) is 20.5. The number of likely N-dealkylation sites (tertiary alicyclic amines) is 1. The minimum absolute atomic E-state index is 0.0518. The van der Waals surface area contributed by atoms with Crippen LogP contribution in [0.4, 0.5) is 41.4 Å². The Hall–Kier alpha value is -10.6. The molecule has 8 heterocycles. The van der Waals surface area contributed by atoms with E-state index in [4.69, 9.17) is 76.7 Å². The standard InChI is InChI=1S/C28H32FN5.C27H36FN5O.C25H26ClFN4.C23H25Cl2FN4/c1-18-12-24(23-6-4-21(16-30)5-7-23)27-25(13-18)34(28(32-27)33-10-8-31-9-11-33)17-22-14-19(2)26(29)20(3)15-22;1-19-14-23-26(24(15-19)34-13-12-31-8-4-5-9-31)30-27(32-10-6-29-7-11-32)33(23)18-22-16-20(2)25(28)21(3)17-22;1-15-10-20(19-6-4-5-7-21(19)26)24-22(11-15)31(25(30-24)29-9-8-28)14-18-12-16(2)23(27)17(3)13-18;24-16-11-17(21(27)15-5-6-15)22-20(12-16)30(13-14-4-7-19(26)18(25)10-14)23(28-22)29-8-2-1-3-9-29/h4-7,12-15,31H,8-11,16-17,30H2,1-3H3;14-17,29H,4-13,18H2,1-3H3;4-7,10-13H,8-9,14,28H2,1-3H3,(H,29,30);4,7,10-12,15,21H,1-3,5-6,8-9,13,27H2/t;;;21-/m...0/s1. The van der Waals surface area contributed by atoms with Gasteiger partial charge in [0.05, 0.1) is 69.8 Å². The quantitative estimate of drug-likeness (QED) is 0.0329. The summed E-state index contributed by atoms with van der Waals surface area (Å²) in [6.07, 6.45) is 8.44. The molecule has 0 spiro atoms. The van der Waals surface area contributed by atoms with E-state index in [0.29, 0.717) is 102 Å². The third-order valence-corrected chi connectivity index (χ3v) is 26.3. The molecule has 5 fully saturated rings. The van der Waals surface area contributed by atoms with Gasteiger partial charge in [-0.25, -0.2) is 37.5 Å². The Morgan fingerprint density at radius 1 is 0.442 bits per heavy atom. The maximum Gasteiger partial charge on any atom is 0.207 e. The summed E-state index contributed by atoms with van der Waals surface area (Å²) in [6, 6.07) is 49.6. The first-order valence-electron chi connectivity index (χ1n) is 45.5. The average Bonchev–Trinajstić information content (AvgIpc) is 1.63. The lowest BCUT2D eigenvalue weighted by Gasteiger charge is -2.29. The predicted molar refractivity (Wildman–Crippen MR) is 522 cm³/mol. The summed E-state index contributed by atoms with van der Waals surface area (Å²) in [5.41, 5.74) is 43.9. The summed E-state index contributed by atoms with van der Waals surface area (Å²) >= 11 is 19.1. The number of ether oxygens (including phenoxy) is 1. The number of aryl methyl sites for hydroxylation is 9. The molecule has 19 rings (SSSR count). The molecule has 4 aromatic heterocycles. The molecule has 1 aliphatic carbocycles. The van der Waals surface area contributed by atoms with E-state index in [9.17, 15) is 17.6 Å². The van der Waals surface area contributed by atoms with Crippen LogP contribution >= 0.6 is 34.8 Å². The second kappa shape index (κ2) is 40.8. The number of hydrogen-bond acceptors (Lipinski definition) is 15. The van der Waals surface area contributed by atoms with Gasteiger partial charge in [0.2, 0.25) is 23.8 Å². The summed E-state index contributed by atoms with van der Waals surface area (Å²) in [5.74, 6) is 4.16. The number of hydrogen-bond donors (Lipinski definition) is 6. The second-order valence-corrected chi connectivity index (χ2v) is 36.9. The first-order valence-corrected chi connectivity index (χ1v) is 46.7. The number of piperidine rings is 1. The van der Waals surface area contributed by atoms with Crippen LogP contribution in [0, 0.1) is 91.5 Å². The fraction of sp³-hybridized carbons (Fsp3) is 0.379. The van der Waals surface area contributed by atoms with Gasteiger partial charge in [0.25, 0.3) is 0 Å². The van der Waals surface area contributed by atoms with Gasteiger partial charge in [-0.3, -0.25) is 4.90 Å². The van der Waals surface area contributed by atoms with Crippen molar-refractivity contribution in [1.82, 2.24) is 53.7 Å². The molecule has 1 saturated carbocycles. The van der Waals surface area contributed by atoms with Crippen molar-refractivity contribution in [3.05, 3.63) is 273 Å². The molecule has 9 N–H and O–H groups in total. The van der Waals surface area contributed by atoms with Crippen molar-refractivity contribution in [1.29, 1.82) is 0 Å². The minimum atomic E-state index is -0.409. The number of rotatable bonds is 23. The van der Waals surface area contributed by atoms with Gasteiger partial charge >= 0.3 is 0 Å². The molecule has 4 saturated heterocycles. The van der Waals surface area contributed by atoms with Gasteiger partial charge in [0.1, 0.15) is 41.1 Å². The maximum absolute atomic E-state index is 14.3. The molecule has 1 atom stereocenters. The van der Waals surface area contributed by atoms with Gasteiger partial charge in [0, 0.05) is 124 Å². The molecule has 14 aromatic rings. The Labute approximate surface area is 769 Å². The summed E-state index contributed by atoms with van der Waals surface area (Å²) in [4.78, 5) is 29.9. The molecule has 10 aromatic carbocycles. The van der Waals surface area contributed by atoms with Crippen LogP contribution in [-0.2, 0) is 32.7 Å². The fourth-order valence-corrected chi connectivity index (χ4v) is 19.4. The number of benzene rings is 10. The Morgan fingerprint density at radius 3 is 1.43 bits per heavy atom. The van der Waals surface area contributed by atoms with Crippen LogP contribution in [0.2, 0.25) is 15.1 Å². The van der Waals surface area contributed by atoms with E-state index in [1.165, 1.54) is 44.0 Å². The number of piperazine rings is 2. The van der Waals surface area contributed by atoms with E-state index < -0.39 is 5.82 Å². The third-order valence-electron chi connectivity index (χ3n) is 25.5. The number of imidazole rings is 4. The van der Waals surface area contributed by atoms with Gasteiger partial charge in [0.15, 0.2) is 0 Å². The Kier molecular flexibility index (Phi) is 29.0. The lowest BCUT2D eigenvalue weighted by atomic mass is 10.00. The van der Waals surface area contributed by atoms with E-state index in [-0.39, 0.29) is 28.5 Å². The number of aromatic nitrogens is 8. The SMILES string of the molecule is Cc1cc(-c2ccc(CN)cc2)c2nc(N3CCNCC3)n(Cc3cc(C)c(F)c(C)c3)c2c1.Cc1cc(-c2ccccc2Cl)c2nc(NCCN)n(Cc3cc(C)c(F)c(C)c3)c2c1.Cc1cc(OCCN2CCCC2)c2nc(N3CCNCC3)n(Cc3cc(C)c(F)c(C)c3)c2c1.N[C@H](c1cc(Cl)cc2c1nc(N1CCCCC1)n2Cc1ccc(F)c(Cl)c1)C1CC1. The van der Waals surface area contributed by atoms with Crippen LogP contribution in [-0.4, -0.2) is 148 Å². The first-order chi connectivity index (χ1) is 62.3. The van der Waals surface area contributed by atoms with Crippen molar-refractivity contribution < 1.29 is 22.3 Å². The monoisotopic (exact) mass is 1800 g/mol. The highest BCUT2D eigenvalue weighted by atomic mass is 35.5. The smallest absolute Gasteiger partial charge is 0.207 e. The van der Waals surface area contributed by atoms with Crippen molar-refractivity contribution in [3.8, 4) is 28.0 Å². The van der Waals surface area contributed by atoms with Crippen molar-refractivity contribution in [3.63, 3.8) is 0 Å². The Morgan fingerprint density at radius 2 is 0.899 bits per heavy atom. The number of halogens is 7. The lowest BCUT2D eigenvalue weighted by Crippen LogP contribution is -2.44. The topological polar surface area (TPSA) is 208 Å². The summed E-state index contributed by atoms with van der Waals surface area (Å²) in [7, 11) is 0. The highest BCUT2D eigenvalue weighted by molar-refractivity contribution is 6.34. The zero-order valence-corrected chi connectivity index (χ0v) is 77.8. The Bertz CT molecular complexity index is 6300. The molecule has 19 nitrogen and oxygen atoms in total. The second-order valence-electron chi connectivity index (χ2n) is 35.6. The Balaban J connectivity index is 0.000000126. The van der Waals surface area contributed by atoms with Gasteiger partial charge in [-0.2, -0.15) is 0 Å². The summed E-state index contributed by atoms with van der Waals surface area (Å²) in [5, 5.41) is 11.7. The van der Waals surface area contributed by atoms with Crippen LogP contribution in [0.1, 0.15) is 134 Å². The van der Waals surface area contributed by atoms with Gasteiger partial charge in [-0.15, -0.1) is 0 Å². The molecule has 26 heteroatoms. The van der Waals surface area contributed by atoms with Crippen LogP contribution in [0.25, 0.3) is 66.4 Å². The highest BCUT2D eigenvalue weighted by Crippen LogP contribution is 2.45. The van der Waals surface area contributed by atoms with Crippen LogP contribution in [0.5, 0.6) is 5.75 Å². The number of fused-ring (bicyclic) bond motifs is 4. The first kappa shape index (κ1) is 91.7. The molecular weight excluding hydrogens is 1690 g/mol. The van der Waals surface area contributed by atoms with Crippen LogP contribution < -0.4 is 52.6 Å². The van der Waals surface area contributed by atoms with Crippen molar-refractivity contribution in [2.24, 2.45) is 23.1 Å². The van der Waals surface area contributed by atoms with Gasteiger partial charge in [-0.05, 0) is 282 Å². The molecular formula is C103H119Cl3F4N18O. The van der Waals surface area contributed by atoms with Crippen molar-refractivity contribution in [2.75, 3.05) is 125 Å². The number of nitrogens with zero attached hydrogens (tertiary/aromatic N) is 12. The number of nitrogens with two attached hydrogens (primary N) is 3. The fourth-order valence-electron chi connectivity index (χ4n) is 18.8. The van der Waals surface area contributed by atoms with E-state index in [1.807, 2.05) is 100 Å². The lowest BCUT2D eigenvalue weighted by molar-refractivity contribution is 0.239. The van der Waals surface area contributed by atoms with Gasteiger partial charge in [-0.1, -0.05) is 120 Å². The highest BCUT2D eigenvalue weighted by Gasteiger charge is 2.34. The molecule has 129 heavy (non-hydrogen) atoms. The van der Waals surface area contributed by atoms with E-state index in [1.54, 1.807) is 26.0 Å². The third kappa shape index (κ3) is 20.9. The van der Waals surface area contributed by atoms with E-state index in [2.05, 4.69) is 135 Å². The summed E-state index contributed by atoms with van der Waals surface area (Å²) < 4.78 is 71.7. The number of anilines is 4. The van der Waals surface area contributed by atoms with E-state index >= 15 is 0 Å². The summed E-state index contributed by atoms with van der Waals surface area (Å²) in [6.45, 7) is 34.6. The van der Waals surface area contributed by atoms with Crippen molar-refractivity contribution in [2.45, 2.75) is 146 Å². The maximum atomic E-state index is 14.3. The normalized spacial score (nSPS) is 15.2. The zero-order chi connectivity index (χ0) is 90.4.